The zero-order chi connectivity index (χ0) is 12.9. The Morgan fingerprint density at radius 2 is 2.39 bits per heavy atom. The summed E-state index contributed by atoms with van der Waals surface area (Å²) in [5.74, 6) is 1.02. The van der Waals surface area contributed by atoms with Gasteiger partial charge in [0.1, 0.15) is 0 Å². The highest BCUT2D eigenvalue weighted by atomic mass is 16.5. The molecule has 2 aliphatic carbocycles. The van der Waals surface area contributed by atoms with Crippen LogP contribution in [0.5, 0.6) is 0 Å². The summed E-state index contributed by atoms with van der Waals surface area (Å²) in [7, 11) is 0. The van der Waals surface area contributed by atoms with E-state index in [4.69, 9.17) is 4.74 Å². The molecule has 2 aliphatic rings. The molecule has 0 bridgehead atoms. The van der Waals surface area contributed by atoms with E-state index in [1.807, 2.05) is 18.5 Å². The molecule has 3 rings (SSSR count). The maximum absolute atomic E-state index is 11.9. The number of rotatable bonds is 4. The van der Waals surface area contributed by atoms with Crippen molar-refractivity contribution in [2.24, 2.45) is 5.92 Å². The third-order valence-electron chi connectivity index (χ3n) is 3.74. The van der Waals surface area contributed by atoms with Crippen molar-refractivity contribution in [3.8, 4) is 0 Å². The van der Waals surface area contributed by atoms with Crippen molar-refractivity contribution in [2.45, 2.75) is 39.2 Å². The number of hydrogen-bond acceptors (Lipinski definition) is 3. The first-order chi connectivity index (χ1) is 8.61. The molecule has 0 aliphatic heterocycles. The molecule has 96 valence electrons. The van der Waals surface area contributed by atoms with E-state index in [9.17, 15) is 4.79 Å². The predicted molar refractivity (Wildman–Crippen MR) is 67.5 cm³/mol. The Bertz CT molecular complexity index is 530. The SMILES string of the molecule is C=C(C)Cn1nc(C(=O)OCC)c2c1CC1CC21. The minimum Gasteiger partial charge on any atom is -0.461 e. The summed E-state index contributed by atoms with van der Waals surface area (Å²) >= 11 is 0. The number of carbonyl (C=O) groups is 1. The van der Waals surface area contributed by atoms with Crippen LogP contribution in [-0.4, -0.2) is 22.4 Å². The van der Waals surface area contributed by atoms with Gasteiger partial charge in [0.05, 0.1) is 13.2 Å². The van der Waals surface area contributed by atoms with Crippen molar-refractivity contribution in [3.63, 3.8) is 0 Å². The molecule has 4 nitrogen and oxygen atoms in total. The van der Waals surface area contributed by atoms with E-state index in [1.54, 1.807) is 0 Å². The average molecular weight is 246 g/mol. The Morgan fingerprint density at radius 3 is 3.06 bits per heavy atom. The van der Waals surface area contributed by atoms with Gasteiger partial charge in [-0.1, -0.05) is 12.2 Å². The van der Waals surface area contributed by atoms with Gasteiger partial charge in [0.25, 0.3) is 0 Å². The highest BCUT2D eigenvalue weighted by molar-refractivity contribution is 5.90. The van der Waals surface area contributed by atoms with Crippen molar-refractivity contribution < 1.29 is 9.53 Å². The van der Waals surface area contributed by atoms with E-state index < -0.39 is 0 Å². The van der Waals surface area contributed by atoms with Gasteiger partial charge in [0, 0.05) is 11.3 Å². The third-order valence-corrected chi connectivity index (χ3v) is 3.74. The summed E-state index contributed by atoms with van der Waals surface area (Å²) < 4.78 is 7.04. The molecular formula is C14H18N2O2. The zero-order valence-electron chi connectivity index (χ0n) is 10.9. The second-order valence-corrected chi connectivity index (χ2v) is 5.35. The van der Waals surface area contributed by atoms with Gasteiger partial charge in [-0.25, -0.2) is 4.79 Å². The first-order valence-electron chi connectivity index (χ1n) is 6.52. The lowest BCUT2D eigenvalue weighted by Gasteiger charge is -2.05. The number of fused-ring (bicyclic) bond motifs is 3. The monoisotopic (exact) mass is 246 g/mol. The summed E-state index contributed by atoms with van der Waals surface area (Å²) in [6.07, 6.45) is 2.26. The maximum atomic E-state index is 11.9. The number of hydrogen-bond donors (Lipinski definition) is 0. The molecule has 0 spiro atoms. The molecule has 1 fully saturated rings. The van der Waals surface area contributed by atoms with Crippen molar-refractivity contribution in [3.05, 3.63) is 29.1 Å². The average Bonchev–Trinajstić information content (AvgIpc) is 2.82. The topological polar surface area (TPSA) is 44.1 Å². The summed E-state index contributed by atoms with van der Waals surface area (Å²) in [5.41, 5.74) is 3.97. The number of ether oxygens (including phenoxy) is 1. The Hall–Kier alpha value is -1.58. The highest BCUT2D eigenvalue weighted by Gasteiger charge is 2.50. The van der Waals surface area contributed by atoms with Gasteiger partial charge in [-0.05, 0) is 38.5 Å². The first kappa shape index (κ1) is 11.5. The molecule has 18 heavy (non-hydrogen) atoms. The second-order valence-electron chi connectivity index (χ2n) is 5.35. The zero-order valence-corrected chi connectivity index (χ0v) is 10.9. The molecule has 0 radical (unpaired) electrons. The van der Waals surface area contributed by atoms with Crippen LogP contribution in [0.3, 0.4) is 0 Å². The smallest absolute Gasteiger partial charge is 0.359 e. The van der Waals surface area contributed by atoms with Crippen molar-refractivity contribution in [1.29, 1.82) is 0 Å². The van der Waals surface area contributed by atoms with Crippen LogP contribution in [0, 0.1) is 5.92 Å². The van der Waals surface area contributed by atoms with E-state index in [1.165, 1.54) is 12.1 Å². The van der Waals surface area contributed by atoms with Crippen molar-refractivity contribution in [1.82, 2.24) is 9.78 Å². The fraction of sp³-hybridized carbons (Fsp3) is 0.571. The maximum Gasteiger partial charge on any atom is 0.359 e. The normalized spacial score (nSPS) is 23.4. The number of nitrogens with zero attached hydrogens (tertiary/aromatic N) is 2. The summed E-state index contributed by atoms with van der Waals surface area (Å²) in [5, 5.41) is 4.45. The molecule has 2 atom stereocenters. The van der Waals surface area contributed by atoms with Gasteiger partial charge in [-0.15, -0.1) is 0 Å². The minimum atomic E-state index is -0.276. The lowest BCUT2D eigenvalue weighted by molar-refractivity contribution is 0.0517. The van der Waals surface area contributed by atoms with Crippen molar-refractivity contribution in [2.75, 3.05) is 6.61 Å². The van der Waals surface area contributed by atoms with Gasteiger partial charge in [0.15, 0.2) is 5.69 Å². The molecule has 0 aromatic carbocycles. The molecular weight excluding hydrogens is 228 g/mol. The van der Waals surface area contributed by atoms with E-state index in [0.717, 1.165) is 23.5 Å². The highest BCUT2D eigenvalue weighted by Crippen LogP contribution is 2.57. The van der Waals surface area contributed by atoms with Gasteiger partial charge in [0.2, 0.25) is 0 Å². The van der Waals surface area contributed by atoms with E-state index in [-0.39, 0.29) is 5.97 Å². The second kappa shape index (κ2) is 3.97. The molecule has 0 N–H and O–H groups in total. The van der Waals surface area contributed by atoms with E-state index >= 15 is 0 Å². The van der Waals surface area contributed by atoms with E-state index in [2.05, 4.69) is 11.7 Å². The fourth-order valence-electron chi connectivity index (χ4n) is 2.93. The van der Waals surface area contributed by atoms with Crippen LogP contribution >= 0.6 is 0 Å². The summed E-state index contributed by atoms with van der Waals surface area (Å²) in [6.45, 7) is 8.82. The van der Waals surface area contributed by atoms with Crippen LogP contribution in [-0.2, 0) is 17.7 Å². The minimum absolute atomic E-state index is 0.276. The van der Waals surface area contributed by atoms with Crippen LogP contribution < -0.4 is 0 Å². The van der Waals surface area contributed by atoms with Gasteiger partial charge in [-0.2, -0.15) is 5.10 Å². The molecule has 0 saturated heterocycles. The molecule has 1 aromatic rings. The first-order valence-corrected chi connectivity index (χ1v) is 6.52. The molecule has 1 heterocycles. The quantitative estimate of drug-likeness (QED) is 0.605. The molecule has 4 heteroatoms. The molecule has 0 amide bonds. The molecule has 2 unspecified atom stereocenters. The molecule has 1 aromatic heterocycles. The Morgan fingerprint density at radius 1 is 1.61 bits per heavy atom. The third kappa shape index (κ3) is 1.67. The Labute approximate surface area is 107 Å². The van der Waals surface area contributed by atoms with Crippen LogP contribution in [0.4, 0.5) is 0 Å². The van der Waals surface area contributed by atoms with Crippen LogP contribution in [0.15, 0.2) is 12.2 Å². The Balaban J connectivity index is 1.99. The lowest BCUT2D eigenvalue weighted by atomic mass is 10.1. The number of esters is 1. The number of carbonyl (C=O) groups excluding carboxylic acids is 1. The Kier molecular flexibility index (Phi) is 2.54. The summed E-state index contributed by atoms with van der Waals surface area (Å²) in [4.78, 5) is 11.9. The van der Waals surface area contributed by atoms with E-state index in [0.29, 0.717) is 24.8 Å². The fourth-order valence-corrected chi connectivity index (χ4v) is 2.93. The van der Waals surface area contributed by atoms with Crippen molar-refractivity contribution >= 4 is 5.97 Å². The number of aromatic nitrogens is 2. The molecule has 1 saturated carbocycles. The van der Waals surface area contributed by atoms with Crippen LogP contribution in [0.25, 0.3) is 0 Å². The largest absolute Gasteiger partial charge is 0.461 e. The lowest BCUT2D eigenvalue weighted by Crippen LogP contribution is -2.10. The van der Waals surface area contributed by atoms with Crippen LogP contribution in [0.2, 0.25) is 0 Å². The van der Waals surface area contributed by atoms with Gasteiger partial charge >= 0.3 is 5.97 Å². The predicted octanol–water partition coefficient (Wildman–Crippen LogP) is 2.30. The van der Waals surface area contributed by atoms with Gasteiger partial charge in [-0.3, -0.25) is 4.68 Å². The standard InChI is InChI=1S/C14H18N2O2/c1-4-18-14(17)13-12-10-5-9(10)6-11(12)16(15-13)7-8(2)3/h9-10H,2,4-7H2,1,3H3. The van der Waals surface area contributed by atoms with Crippen LogP contribution in [0.1, 0.15) is 47.9 Å². The summed E-state index contributed by atoms with van der Waals surface area (Å²) in [6, 6.07) is 0. The van der Waals surface area contributed by atoms with Gasteiger partial charge < -0.3 is 4.74 Å². The number of allylic oxidation sites excluding steroid dienone is 1.